The van der Waals surface area contributed by atoms with Crippen LogP contribution < -0.4 is 0 Å². The van der Waals surface area contributed by atoms with Crippen molar-refractivity contribution >= 4 is 17.3 Å². The summed E-state index contributed by atoms with van der Waals surface area (Å²) in [5.74, 6) is -8.82. The molecule has 0 bridgehead atoms. The molecule has 2 aromatic carbocycles. The highest BCUT2D eigenvalue weighted by atomic mass is 19.2. The summed E-state index contributed by atoms with van der Waals surface area (Å²) >= 11 is 0. The van der Waals surface area contributed by atoms with Crippen molar-refractivity contribution in [3.05, 3.63) is 74.3 Å². The number of nitro benzene ring substituents is 1. The molecule has 25 heavy (non-hydrogen) atoms. The van der Waals surface area contributed by atoms with E-state index in [1.54, 1.807) is 0 Å². The monoisotopic (exact) mass is 355 g/mol. The van der Waals surface area contributed by atoms with E-state index in [9.17, 15) is 37.3 Å². The number of halogens is 4. The molecule has 0 saturated heterocycles. The second-order valence-electron chi connectivity index (χ2n) is 5.08. The zero-order valence-corrected chi connectivity index (χ0v) is 12.6. The van der Waals surface area contributed by atoms with Gasteiger partial charge in [0.25, 0.3) is 0 Å². The fraction of sp³-hybridized carbons (Fsp3) is 0.125. The minimum Gasteiger partial charge on any atom is -0.294 e. The van der Waals surface area contributed by atoms with Gasteiger partial charge in [-0.2, -0.15) is 4.39 Å². The molecular formula is C16H9F4NO4. The van der Waals surface area contributed by atoms with Gasteiger partial charge in [-0.1, -0.05) is 0 Å². The van der Waals surface area contributed by atoms with E-state index in [4.69, 9.17) is 0 Å². The average molecular weight is 355 g/mol. The van der Waals surface area contributed by atoms with E-state index < -0.39 is 63.0 Å². The van der Waals surface area contributed by atoms with Crippen LogP contribution in [0.4, 0.5) is 23.2 Å². The Kier molecular flexibility index (Phi) is 4.96. The second-order valence-corrected chi connectivity index (χ2v) is 5.08. The maximum Gasteiger partial charge on any atom is 0.311 e. The van der Waals surface area contributed by atoms with Crippen LogP contribution in [0.15, 0.2) is 24.3 Å². The van der Waals surface area contributed by atoms with Crippen LogP contribution in [-0.4, -0.2) is 16.5 Å². The van der Waals surface area contributed by atoms with Gasteiger partial charge in [0.1, 0.15) is 5.82 Å². The van der Waals surface area contributed by atoms with Gasteiger partial charge < -0.3 is 0 Å². The zero-order valence-electron chi connectivity index (χ0n) is 12.6. The summed E-state index contributed by atoms with van der Waals surface area (Å²) in [7, 11) is 0. The van der Waals surface area contributed by atoms with Crippen molar-refractivity contribution in [1.82, 2.24) is 0 Å². The Morgan fingerprint density at radius 1 is 0.960 bits per heavy atom. The number of hydrogen-bond acceptors (Lipinski definition) is 4. The lowest BCUT2D eigenvalue weighted by molar-refractivity contribution is -0.388. The topological polar surface area (TPSA) is 77.3 Å². The van der Waals surface area contributed by atoms with Crippen molar-refractivity contribution < 1.29 is 32.1 Å². The molecule has 0 heterocycles. The van der Waals surface area contributed by atoms with Crippen molar-refractivity contribution in [2.45, 2.75) is 13.3 Å². The molecule has 2 rings (SSSR count). The summed E-state index contributed by atoms with van der Waals surface area (Å²) in [6.45, 7) is 0.874. The molecule has 0 N–H and O–H groups in total. The predicted molar refractivity (Wildman–Crippen MR) is 77.4 cm³/mol. The highest BCUT2D eigenvalue weighted by molar-refractivity contribution is 6.14. The average Bonchev–Trinajstić information content (AvgIpc) is 2.53. The number of hydrogen-bond donors (Lipinski definition) is 0. The predicted octanol–water partition coefficient (Wildman–Crippen LogP) is 3.92. The summed E-state index contributed by atoms with van der Waals surface area (Å²) < 4.78 is 53.8. The number of benzene rings is 2. The van der Waals surface area contributed by atoms with E-state index in [2.05, 4.69) is 0 Å². The van der Waals surface area contributed by atoms with E-state index in [1.807, 2.05) is 0 Å². The standard InChI is InChI=1S/C16H9F4NO4/c1-7-12(13(18)14(19)15(20)16(7)21(24)25)11(23)6-10(22)8-2-4-9(17)5-3-8/h2-5H,6H2,1H3. The lowest BCUT2D eigenvalue weighted by Gasteiger charge is -2.09. The van der Waals surface area contributed by atoms with Crippen LogP contribution in [-0.2, 0) is 0 Å². The van der Waals surface area contributed by atoms with Gasteiger partial charge in [-0.25, -0.2) is 13.2 Å². The maximum atomic E-state index is 13.9. The Morgan fingerprint density at radius 3 is 2.04 bits per heavy atom. The van der Waals surface area contributed by atoms with Gasteiger partial charge in [0.15, 0.2) is 17.4 Å². The largest absolute Gasteiger partial charge is 0.311 e. The van der Waals surface area contributed by atoms with E-state index in [1.165, 1.54) is 0 Å². The first-order chi connectivity index (χ1) is 11.6. The van der Waals surface area contributed by atoms with Gasteiger partial charge in [0.05, 0.1) is 16.9 Å². The number of Topliss-reactive ketones (excluding diaryl/α,β-unsaturated/α-hetero) is 2. The summed E-state index contributed by atoms with van der Waals surface area (Å²) in [4.78, 5) is 33.6. The van der Waals surface area contributed by atoms with Gasteiger partial charge >= 0.3 is 5.69 Å². The SMILES string of the molecule is Cc1c(C(=O)CC(=O)c2ccc(F)cc2)c(F)c(F)c(F)c1[N+](=O)[O-]. The number of ketones is 2. The minimum absolute atomic E-state index is 0.0649. The van der Waals surface area contributed by atoms with Crippen LogP contribution in [0.5, 0.6) is 0 Å². The van der Waals surface area contributed by atoms with Gasteiger partial charge in [-0.3, -0.25) is 19.7 Å². The molecule has 0 unspecified atom stereocenters. The molecule has 0 fully saturated rings. The Hall–Kier alpha value is -3.10. The molecule has 2 aromatic rings. The molecule has 0 aliphatic rings. The Morgan fingerprint density at radius 2 is 1.52 bits per heavy atom. The third-order valence-electron chi connectivity index (χ3n) is 3.49. The second kappa shape index (κ2) is 6.80. The first-order valence-corrected chi connectivity index (χ1v) is 6.78. The zero-order chi connectivity index (χ0) is 18.9. The van der Waals surface area contributed by atoms with E-state index in [0.29, 0.717) is 0 Å². The van der Waals surface area contributed by atoms with Crippen LogP contribution in [0.2, 0.25) is 0 Å². The number of rotatable bonds is 5. The van der Waals surface area contributed by atoms with Gasteiger partial charge in [0.2, 0.25) is 11.6 Å². The third-order valence-corrected chi connectivity index (χ3v) is 3.49. The molecule has 0 radical (unpaired) electrons. The molecule has 130 valence electrons. The highest BCUT2D eigenvalue weighted by Crippen LogP contribution is 2.31. The van der Waals surface area contributed by atoms with Crippen LogP contribution in [0.3, 0.4) is 0 Å². The highest BCUT2D eigenvalue weighted by Gasteiger charge is 2.33. The first kappa shape index (κ1) is 18.2. The Labute approximate surface area is 138 Å². The molecule has 9 heteroatoms. The van der Waals surface area contributed by atoms with Crippen molar-refractivity contribution in [3.63, 3.8) is 0 Å². The van der Waals surface area contributed by atoms with Crippen molar-refractivity contribution in [2.75, 3.05) is 0 Å². The molecule has 0 spiro atoms. The normalized spacial score (nSPS) is 10.6. The lowest BCUT2D eigenvalue weighted by Crippen LogP contribution is -2.15. The van der Waals surface area contributed by atoms with E-state index in [0.717, 1.165) is 31.2 Å². The molecule has 0 aromatic heterocycles. The molecule has 5 nitrogen and oxygen atoms in total. The fourth-order valence-electron chi connectivity index (χ4n) is 2.28. The quantitative estimate of drug-likeness (QED) is 0.203. The summed E-state index contributed by atoms with van der Waals surface area (Å²) in [6, 6.07) is 4.10. The molecule has 0 amide bonds. The molecule has 0 aliphatic heterocycles. The van der Waals surface area contributed by atoms with Crippen LogP contribution in [0, 0.1) is 40.3 Å². The van der Waals surface area contributed by atoms with Gasteiger partial charge in [-0.15, -0.1) is 0 Å². The van der Waals surface area contributed by atoms with Crippen molar-refractivity contribution in [3.8, 4) is 0 Å². The lowest BCUT2D eigenvalue weighted by atomic mass is 9.96. The first-order valence-electron chi connectivity index (χ1n) is 6.78. The Balaban J connectivity index is 2.44. The molecule has 0 saturated carbocycles. The maximum absolute atomic E-state index is 13.9. The summed E-state index contributed by atoms with van der Waals surface area (Å²) in [5.41, 5.74) is -3.24. The van der Waals surface area contributed by atoms with E-state index in [-0.39, 0.29) is 5.56 Å². The van der Waals surface area contributed by atoms with Crippen LogP contribution in [0.25, 0.3) is 0 Å². The summed E-state index contributed by atoms with van der Waals surface area (Å²) in [6.07, 6.45) is -0.953. The summed E-state index contributed by atoms with van der Waals surface area (Å²) in [5, 5.41) is 10.8. The number of carbonyl (C=O) groups is 2. The molecule has 0 atom stereocenters. The van der Waals surface area contributed by atoms with Crippen LogP contribution >= 0.6 is 0 Å². The van der Waals surface area contributed by atoms with Gasteiger partial charge in [0, 0.05) is 11.1 Å². The van der Waals surface area contributed by atoms with Crippen LogP contribution in [0.1, 0.15) is 32.7 Å². The number of carbonyl (C=O) groups excluding carboxylic acids is 2. The Bertz CT molecular complexity index is 894. The molecular weight excluding hydrogens is 346 g/mol. The number of nitro groups is 1. The number of nitrogens with zero attached hydrogens (tertiary/aromatic N) is 1. The fourth-order valence-corrected chi connectivity index (χ4v) is 2.28. The minimum atomic E-state index is -2.17. The van der Waals surface area contributed by atoms with Crippen molar-refractivity contribution in [1.29, 1.82) is 0 Å². The van der Waals surface area contributed by atoms with E-state index >= 15 is 0 Å². The third kappa shape index (κ3) is 3.39. The van der Waals surface area contributed by atoms with Crippen molar-refractivity contribution in [2.24, 2.45) is 0 Å². The smallest absolute Gasteiger partial charge is 0.294 e. The van der Waals surface area contributed by atoms with Gasteiger partial charge in [-0.05, 0) is 31.2 Å². The molecule has 0 aliphatic carbocycles.